The monoisotopic (exact) mass is 460 g/mol. The van der Waals surface area contributed by atoms with Crippen molar-refractivity contribution in [1.29, 1.82) is 0 Å². The number of benzene rings is 2. The number of likely N-dealkylation sites (tertiary alicyclic amines) is 2. The molecule has 1 N–H and O–H groups in total. The first-order chi connectivity index (χ1) is 16.4. The van der Waals surface area contributed by atoms with Crippen LogP contribution in [0.3, 0.4) is 0 Å². The first-order valence-electron chi connectivity index (χ1n) is 12.3. The summed E-state index contributed by atoms with van der Waals surface area (Å²) in [6.45, 7) is 4.09. The van der Waals surface area contributed by atoms with E-state index in [0.29, 0.717) is 49.7 Å². The molecule has 2 saturated heterocycles. The molecule has 1 aromatic heterocycles. The van der Waals surface area contributed by atoms with Gasteiger partial charge in [0.2, 0.25) is 5.91 Å². The third-order valence-corrected chi connectivity index (χ3v) is 7.59. The van der Waals surface area contributed by atoms with Crippen LogP contribution in [0, 0.1) is 0 Å². The summed E-state index contributed by atoms with van der Waals surface area (Å²) in [5.74, 6) is 0.801. The number of amides is 2. The Bertz CT molecular complexity index is 1180. The highest BCUT2D eigenvalue weighted by Gasteiger charge is 2.35. The van der Waals surface area contributed by atoms with Crippen molar-refractivity contribution in [3.05, 3.63) is 71.5 Å². The van der Waals surface area contributed by atoms with Crippen LogP contribution in [0.5, 0.6) is 0 Å². The predicted octanol–water partition coefficient (Wildman–Crippen LogP) is 4.67. The van der Waals surface area contributed by atoms with Crippen molar-refractivity contribution in [2.45, 2.75) is 50.5 Å². The van der Waals surface area contributed by atoms with Gasteiger partial charge in [0.05, 0.1) is 5.60 Å². The van der Waals surface area contributed by atoms with E-state index >= 15 is 0 Å². The molecule has 1 unspecified atom stereocenters. The Morgan fingerprint density at radius 1 is 0.941 bits per heavy atom. The standard InChI is InChI=1S/C28H32N2O4/c1-20(31)29-16-12-28(33,13-17-29)24-9-10-25-23(18-24)19-26(34-25)27(32)30-14-5-8-22(11-15-30)21-6-3-2-4-7-21/h2-4,6-7,9-10,18-19,22,33H,5,8,11-17H2,1H3. The molecule has 6 heteroatoms. The van der Waals surface area contributed by atoms with Gasteiger partial charge in [0, 0.05) is 38.5 Å². The molecule has 2 aromatic carbocycles. The highest BCUT2D eigenvalue weighted by molar-refractivity contribution is 5.96. The molecule has 34 heavy (non-hydrogen) atoms. The van der Waals surface area contributed by atoms with Crippen LogP contribution >= 0.6 is 0 Å². The summed E-state index contributed by atoms with van der Waals surface area (Å²) >= 11 is 0. The van der Waals surface area contributed by atoms with Crippen LogP contribution in [-0.4, -0.2) is 52.9 Å². The van der Waals surface area contributed by atoms with Crippen LogP contribution < -0.4 is 0 Å². The highest BCUT2D eigenvalue weighted by Crippen LogP contribution is 2.35. The second kappa shape index (κ2) is 9.26. The van der Waals surface area contributed by atoms with E-state index in [1.165, 1.54) is 5.56 Å². The van der Waals surface area contributed by atoms with E-state index < -0.39 is 5.60 Å². The Hall–Kier alpha value is -3.12. The van der Waals surface area contributed by atoms with Gasteiger partial charge in [0.1, 0.15) is 5.58 Å². The SMILES string of the molecule is CC(=O)N1CCC(O)(c2ccc3oc(C(=O)N4CCCC(c5ccccc5)CC4)cc3c2)CC1. The fraction of sp³-hybridized carbons (Fsp3) is 0.429. The molecular formula is C28H32N2O4. The molecule has 2 fully saturated rings. The number of rotatable bonds is 3. The number of fused-ring (bicyclic) bond motifs is 1. The van der Waals surface area contributed by atoms with Crippen molar-refractivity contribution in [1.82, 2.24) is 9.80 Å². The fourth-order valence-corrected chi connectivity index (χ4v) is 5.43. The zero-order valence-electron chi connectivity index (χ0n) is 19.7. The summed E-state index contributed by atoms with van der Waals surface area (Å²) < 4.78 is 5.93. The normalized spacial score (nSPS) is 20.8. The molecule has 1 atom stereocenters. The van der Waals surface area contributed by atoms with E-state index in [1.54, 1.807) is 17.9 Å². The Kier molecular flexibility index (Phi) is 6.17. The van der Waals surface area contributed by atoms with Gasteiger partial charge in [-0.1, -0.05) is 36.4 Å². The van der Waals surface area contributed by atoms with Crippen molar-refractivity contribution in [3.8, 4) is 0 Å². The van der Waals surface area contributed by atoms with Crippen LogP contribution in [0.1, 0.15) is 66.6 Å². The number of furan rings is 1. The Balaban J connectivity index is 1.30. The van der Waals surface area contributed by atoms with Gasteiger partial charge in [-0.15, -0.1) is 0 Å². The summed E-state index contributed by atoms with van der Waals surface area (Å²) in [4.78, 5) is 28.6. The van der Waals surface area contributed by atoms with Crippen LogP contribution in [0.2, 0.25) is 0 Å². The number of nitrogens with zero attached hydrogens (tertiary/aromatic N) is 2. The molecule has 0 bridgehead atoms. The lowest BCUT2D eigenvalue weighted by molar-refractivity contribution is -0.133. The second-order valence-corrected chi connectivity index (χ2v) is 9.73. The number of aliphatic hydroxyl groups is 1. The molecule has 3 heterocycles. The van der Waals surface area contributed by atoms with Gasteiger partial charge in [-0.3, -0.25) is 9.59 Å². The van der Waals surface area contributed by atoms with Gasteiger partial charge in [0.25, 0.3) is 5.91 Å². The summed E-state index contributed by atoms with van der Waals surface area (Å²) in [7, 11) is 0. The number of carbonyl (C=O) groups is 2. The predicted molar refractivity (Wildman–Crippen MR) is 131 cm³/mol. The average Bonchev–Trinajstić information content (AvgIpc) is 3.13. The maximum absolute atomic E-state index is 13.3. The smallest absolute Gasteiger partial charge is 0.289 e. The second-order valence-electron chi connectivity index (χ2n) is 9.73. The Morgan fingerprint density at radius 3 is 2.44 bits per heavy atom. The van der Waals surface area contributed by atoms with Crippen molar-refractivity contribution in [2.24, 2.45) is 0 Å². The molecular weight excluding hydrogens is 428 g/mol. The topological polar surface area (TPSA) is 74.0 Å². The first kappa shape index (κ1) is 22.7. The maximum atomic E-state index is 13.3. The average molecular weight is 461 g/mol. The van der Waals surface area contributed by atoms with Crippen LogP contribution in [0.25, 0.3) is 11.0 Å². The maximum Gasteiger partial charge on any atom is 0.289 e. The minimum atomic E-state index is -0.973. The van der Waals surface area contributed by atoms with E-state index in [1.807, 2.05) is 29.2 Å². The minimum Gasteiger partial charge on any atom is -0.451 e. The zero-order valence-corrected chi connectivity index (χ0v) is 19.7. The van der Waals surface area contributed by atoms with E-state index in [2.05, 4.69) is 24.3 Å². The van der Waals surface area contributed by atoms with Crippen LogP contribution in [0.4, 0.5) is 0 Å². The van der Waals surface area contributed by atoms with Crippen LogP contribution in [-0.2, 0) is 10.4 Å². The minimum absolute atomic E-state index is 0.0408. The molecule has 6 nitrogen and oxygen atoms in total. The molecule has 0 saturated carbocycles. The van der Waals surface area contributed by atoms with E-state index in [4.69, 9.17) is 4.42 Å². The van der Waals surface area contributed by atoms with E-state index in [9.17, 15) is 14.7 Å². The lowest BCUT2D eigenvalue weighted by Gasteiger charge is -2.38. The van der Waals surface area contributed by atoms with Crippen LogP contribution in [0.15, 0.2) is 59.0 Å². The molecule has 2 aliphatic rings. The lowest BCUT2D eigenvalue weighted by Crippen LogP contribution is -2.44. The molecule has 0 radical (unpaired) electrons. The number of carbonyl (C=O) groups excluding carboxylic acids is 2. The molecule has 5 rings (SSSR count). The fourth-order valence-electron chi connectivity index (χ4n) is 5.43. The molecule has 2 amide bonds. The zero-order chi connectivity index (χ0) is 23.7. The Morgan fingerprint density at radius 2 is 1.71 bits per heavy atom. The van der Waals surface area contributed by atoms with Crippen molar-refractivity contribution >= 4 is 22.8 Å². The van der Waals surface area contributed by atoms with Gasteiger partial charge in [-0.25, -0.2) is 0 Å². The molecule has 178 valence electrons. The summed E-state index contributed by atoms with van der Waals surface area (Å²) in [5.41, 5.74) is 1.83. The number of hydrogen-bond donors (Lipinski definition) is 1. The van der Waals surface area contributed by atoms with Gasteiger partial charge >= 0.3 is 0 Å². The van der Waals surface area contributed by atoms with E-state index in [0.717, 1.165) is 36.8 Å². The van der Waals surface area contributed by atoms with Gasteiger partial charge in [-0.2, -0.15) is 0 Å². The number of hydrogen-bond acceptors (Lipinski definition) is 4. The summed E-state index contributed by atoms with van der Waals surface area (Å²) in [5, 5.41) is 12.0. The molecule has 0 spiro atoms. The highest BCUT2D eigenvalue weighted by atomic mass is 16.3. The van der Waals surface area contributed by atoms with Crippen molar-refractivity contribution in [3.63, 3.8) is 0 Å². The molecule has 3 aromatic rings. The molecule has 0 aliphatic carbocycles. The van der Waals surface area contributed by atoms with Gasteiger partial charge in [-0.05, 0) is 67.3 Å². The van der Waals surface area contributed by atoms with Gasteiger partial charge < -0.3 is 19.3 Å². The summed E-state index contributed by atoms with van der Waals surface area (Å²) in [6.07, 6.45) is 4.00. The first-order valence-corrected chi connectivity index (χ1v) is 12.3. The summed E-state index contributed by atoms with van der Waals surface area (Å²) in [6, 6.07) is 18.0. The van der Waals surface area contributed by atoms with Gasteiger partial charge in [0.15, 0.2) is 5.76 Å². The lowest BCUT2D eigenvalue weighted by atomic mass is 9.84. The number of piperidine rings is 1. The third-order valence-electron chi connectivity index (χ3n) is 7.59. The van der Waals surface area contributed by atoms with Crippen molar-refractivity contribution < 1.29 is 19.1 Å². The van der Waals surface area contributed by atoms with Crippen molar-refractivity contribution in [2.75, 3.05) is 26.2 Å². The third kappa shape index (κ3) is 4.47. The Labute approximate surface area is 200 Å². The molecule has 2 aliphatic heterocycles. The quantitative estimate of drug-likeness (QED) is 0.616. The van der Waals surface area contributed by atoms with E-state index in [-0.39, 0.29) is 11.8 Å². The largest absolute Gasteiger partial charge is 0.451 e.